The average Bonchev–Trinajstić information content (AvgIpc) is 1.98. The summed E-state index contributed by atoms with van der Waals surface area (Å²) in [7, 11) is -2.29. The van der Waals surface area contributed by atoms with Gasteiger partial charge in [0.2, 0.25) is 0 Å². The van der Waals surface area contributed by atoms with Crippen molar-refractivity contribution < 1.29 is 13.3 Å². The predicted molar refractivity (Wildman–Crippen MR) is 53.6 cm³/mol. The fourth-order valence-electron chi connectivity index (χ4n) is 1.42. The van der Waals surface area contributed by atoms with E-state index in [0.29, 0.717) is 0 Å². The molecule has 3 nitrogen and oxygen atoms in total. The molecule has 1 saturated heterocycles. The molecule has 1 rings (SSSR count). The highest BCUT2D eigenvalue weighted by molar-refractivity contribution is 6.59. The topological polar surface area (TPSA) is 27.7 Å². The van der Waals surface area contributed by atoms with Crippen LogP contribution < -0.4 is 0 Å². The van der Waals surface area contributed by atoms with Gasteiger partial charge in [-0.15, -0.1) is 0 Å². The zero-order valence-corrected chi connectivity index (χ0v) is 10.1. The van der Waals surface area contributed by atoms with Gasteiger partial charge in [-0.1, -0.05) is 6.92 Å². The molecule has 1 heterocycles. The van der Waals surface area contributed by atoms with Crippen LogP contribution in [0.4, 0.5) is 0 Å². The van der Waals surface area contributed by atoms with Crippen LogP contribution in [-0.4, -0.2) is 27.6 Å². The maximum atomic E-state index is 5.86. The van der Waals surface area contributed by atoms with Gasteiger partial charge in [-0.2, -0.15) is 0 Å². The summed E-state index contributed by atoms with van der Waals surface area (Å²) in [6, 6.07) is 0. The minimum atomic E-state index is -2.29. The average molecular weight is 204 g/mol. The number of rotatable bonds is 3. The zero-order valence-electron chi connectivity index (χ0n) is 9.05. The third kappa shape index (κ3) is 3.38. The van der Waals surface area contributed by atoms with Gasteiger partial charge < -0.3 is 13.3 Å². The van der Waals surface area contributed by atoms with Crippen LogP contribution in [0.25, 0.3) is 0 Å². The van der Waals surface area contributed by atoms with Gasteiger partial charge in [0.05, 0.1) is 5.60 Å². The van der Waals surface area contributed by atoms with Crippen molar-refractivity contribution in [1.29, 1.82) is 0 Å². The van der Waals surface area contributed by atoms with Crippen LogP contribution in [0.5, 0.6) is 0 Å². The quantitative estimate of drug-likeness (QED) is 0.660. The molecular formula is C9H20O3Si. The molecule has 1 fully saturated rings. The van der Waals surface area contributed by atoms with Crippen LogP contribution in [-0.2, 0) is 13.3 Å². The minimum absolute atomic E-state index is 0.0764. The van der Waals surface area contributed by atoms with E-state index < -0.39 is 8.80 Å². The summed E-state index contributed by atoms with van der Waals surface area (Å²) in [5.74, 6) is 0. The molecule has 0 spiro atoms. The summed E-state index contributed by atoms with van der Waals surface area (Å²) >= 11 is 0. The van der Waals surface area contributed by atoms with Gasteiger partial charge in [0.25, 0.3) is 0 Å². The lowest BCUT2D eigenvalue weighted by Gasteiger charge is -2.40. The van der Waals surface area contributed by atoms with Crippen LogP contribution in [0.15, 0.2) is 0 Å². The molecule has 1 aliphatic rings. The Hall–Kier alpha value is 0.0969. The van der Waals surface area contributed by atoms with Crippen molar-refractivity contribution >= 4 is 8.80 Å². The molecule has 78 valence electrons. The third-order valence-electron chi connectivity index (χ3n) is 2.10. The van der Waals surface area contributed by atoms with E-state index in [-0.39, 0.29) is 5.60 Å². The fraction of sp³-hybridized carbons (Fsp3) is 1.00. The maximum absolute atomic E-state index is 5.86. The Morgan fingerprint density at radius 2 is 2.15 bits per heavy atom. The van der Waals surface area contributed by atoms with Crippen molar-refractivity contribution in [2.75, 3.05) is 13.2 Å². The normalized spacial score (nSPS) is 33.2. The molecule has 0 amide bonds. The van der Waals surface area contributed by atoms with E-state index in [4.69, 9.17) is 13.3 Å². The summed E-state index contributed by atoms with van der Waals surface area (Å²) in [5, 5.41) is 0. The van der Waals surface area contributed by atoms with Crippen molar-refractivity contribution in [1.82, 2.24) is 0 Å². The lowest BCUT2D eigenvalue weighted by atomic mass is 10.1. The molecule has 13 heavy (non-hydrogen) atoms. The second-order valence-electron chi connectivity index (χ2n) is 4.17. The SMILES string of the molecule is CCCO[Si]1(C)OCCC(C)(C)O1. The smallest absolute Gasteiger partial charge is 0.374 e. The van der Waals surface area contributed by atoms with Gasteiger partial charge >= 0.3 is 8.80 Å². The Bertz CT molecular complexity index is 172. The Labute approximate surface area is 81.7 Å². The second kappa shape index (κ2) is 4.08. The molecule has 1 unspecified atom stereocenters. The van der Waals surface area contributed by atoms with Crippen LogP contribution in [0.2, 0.25) is 6.55 Å². The molecule has 1 aliphatic heterocycles. The fourth-order valence-corrected chi connectivity index (χ4v) is 3.78. The molecule has 4 heteroatoms. The molecule has 0 aromatic heterocycles. The second-order valence-corrected chi connectivity index (χ2v) is 6.68. The van der Waals surface area contributed by atoms with Crippen LogP contribution >= 0.6 is 0 Å². The standard InChI is InChI=1S/C9H20O3Si/c1-5-7-10-13(4)11-8-6-9(2,3)12-13/h5-8H2,1-4H3. The van der Waals surface area contributed by atoms with E-state index >= 15 is 0 Å². The van der Waals surface area contributed by atoms with E-state index in [1.807, 2.05) is 6.55 Å². The van der Waals surface area contributed by atoms with Gasteiger partial charge in [0.1, 0.15) is 0 Å². The first kappa shape index (κ1) is 11.2. The van der Waals surface area contributed by atoms with E-state index in [2.05, 4.69) is 20.8 Å². The first-order chi connectivity index (χ1) is 5.97. The summed E-state index contributed by atoms with van der Waals surface area (Å²) in [6.45, 7) is 9.75. The van der Waals surface area contributed by atoms with Crippen molar-refractivity contribution in [3.8, 4) is 0 Å². The molecule has 0 aromatic carbocycles. The van der Waals surface area contributed by atoms with Crippen molar-refractivity contribution in [2.45, 2.75) is 45.8 Å². The zero-order chi connectivity index (χ0) is 9.95. The molecule has 0 N–H and O–H groups in total. The summed E-state index contributed by atoms with van der Waals surface area (Å²) in [5.41, 5.74) is -0.0764. The molecule has 0 radical (unpaired) electrons. The van der Waals surface area contributed by atoms with E-state index in [9.17, 15) is 0 Å². The Kier molecular flexibility index (Phi) is 3.51. The van der Waals surface area contributed by atoms with Crippen LogP contribution in [0.3, 0.4) is 0 Å². The molecule has 0 aliphatic carbocycles. The van der Waals surface area contributed by atoms with E-state index in [1.54, 1.807) is 0 Å². The van der Waals surface area contributed by atoms with E-state index in [1.165, 1.54) is 0 Å². The Balaban J connectivity index is 2.47. The van der Waals surface area contributed by atoms with Gasteiger partial charge in [0.15, 0.2) is 0 Å². The van der Waals surface area contributed by atoms with Gasteiger partial charge in [-0.25, -0.2) is 0 Å². The molecular weight excluding hydrogens is 184 g/mol. The van der Waals surface area contributed by atoms with Gasteiger partial charge in [0, 0.05) is 19.8 Å². The molecule has 0 aromatic rings. The number of hydrogen-bond acceptors (Lipinski definition) is 3. The highest BCUT2D eigenvalue weighted by Crippen LogP contribution is 2.27. The van der Waals surface area contributed by atoms with Crippen molar-refractivity contribution in [3.63, 3.8) is 0 Å². The van der Waals surface area contributed by atoms with Crippen LogP contribution in [0.1, 0.15) is 33.6 Å². The summed E-state index contributed by atoms with van der Waals surface area (Å²) < 4.78 is 17.1. The Morgan fingerprint density at radius 3 is 2.69 bits per heavy atom. The molecule has 0 saturated carbocycles. The highest BCUT2D eigenvalue weighted by Gasteiger charge is 2.44. The Morgan fingerprint density at radius 1 is 1.46 bits per heavy atom. The first-order valence-corrected chi connectivity index (χ1v) is 7.18. The molecule has 0 bridgehead atoms. The lowest BCUT2D eigenvalue weighted by Crippen LogP contribution is -2.53. The molecule has 1 atom stereocenters. The maximum Gasteiger partial charge on any atom is 0.498 e. The summed E-state index contributed by atoms with van der Waals surface area (Å²) in [4.78, 5) is 0. The van der Waals surface area contributed by atoms with Crippen molar-refractivity contribution in [3.05, 3.63) is 0 Å². The predicted octanol–water partition coefficient (Wildman–Crippen LogP) is 2.20. The van der Waals surface area contributed by atoms with E-state index in [0.717, 1.165) is 26.1 Å². The summed E-state index contributed by atoms with van der Waals surface area (Å²) in [6.07, 6.45) is 1.96. The van der Waals surface area contributed by atoms with Gasteiger partial charge in [-0.05, 0) is 26.7 Å². The van der Waals surface area contributed by atoms with Gasteiger partial charge in [-0.3, -0.25) is 0 Å². The van der Waals surface area contributed by atoms with Crippen LogP contribution in [0, 0.1) is 0 Å². The largest absolute Gasteiger partial charge is 0.498 e. The van der Waals surface area contributed by atoms with Crippen molar-refractivity contribution in [2.24, 2.45) is 0 Å². The highest BCUT2D eigenvalue weighted by atomic mass is 28.4. The lowest BCUT2D eigenvalue weighted by molar-refractivity contribution is -0.0592. The monoisotopic (exact) mass is 204 g/mol. The first-order valence-electron chi connectivity index (χ1n) is 4.95. The minimum Gasteiger partial charge on any atom is -0.374 e. The number of hydrogen-bond donors (Lipinski definition) is 0. The third-order valence-corrected chi connectivity index (χ3v) is 4.48.